The number of nitro groups is 1. The standard InChI is InChI=1S/C9H13N3O3/c1-11(2-3-13)8-4-7(10)5-9(6-8)12(14)15/h4-6,13H,2-3,10H2,1H3. The monoisotopic (exact) mass is 211 g/mol. The molecular formula is C9H13N3O3. The molecule has 82 valence electrons. The molecule has 0 saturated carbocycles. The second-order valence-corrected chi connectivity index (χ2v) is 3.19. The first-order chi connectivity index (χ1) is 7.04. The fourth-order valence-corrected chi connectivity index (χ4v) is 1.22. The van der Waals surface area contributed by atoms with Gasteiger partial charge in [0.05, 0.1) is 11.5 Å². The third-order valence-corrected chi connectivity index (χ3v) is 2.01. The van der Waals surface area contributed by atoms with E-state index in [1.54, 1.807) is 18.0 Å². The minimum absolute atomic E-state index is 0.0148. The Balaban J connectivity index is 3.03. The molecule has 1 rings (SSSR count). The van der Waals surface area contributed by atoms with Crippen LogP contribution >= 0.6 is 0 Å². The molecule has 0 spiro atoms. The van der Waals surface area contributed by atoms with Gasteiger partial charge in [0.1, 0.15) is 0 Å². The van der Waals surface area contributed by atoms with E-state index in [9.17, 15) is 10.1 Å². The first kappa shape index (κ1) is 11.3. The molecule has 3 N–H and O–H groups in total. The summed E-state index contributed by atoms with van der Waals surface area (Å²) in [6, 6.07) is 4.35. The van der Waals surface area contributed by atoms with Crippen molar-refractivity contribution in [2.24, 2.45) is 0 Å². The number of non-ortho nitro benzene ring substituents is 1. The molecule has 0 aliphatic heterocycles. The zero-order valence-electron chi connectivity index (χ0n) is 8.38. The molecule has 0 aromatic heterocycles. The average Bonchev–Trinajstić information content (AvgIpc) is 2.17. The van der Waals surface area contributed by atoms with E-state index in [4.69, 9.17) is 10.8 Å². The van der Waals surface area contributed by atoms with Crippen molar-refractivity contribution in [1.29, 1.82) is 0 Å². The van der Waals surface area contributed by atoms with E-state index in [0.29, 0.717) is 17.9 Å². The minimum atomic E-state index is -0.493. The summed E-state index contributed by atoms with van der Waals surface area (Å²) in [4.78, 5) is 11.8. The highest BCUT2D eigenvalue weighted by Gasteiger charge is 2.10. The molecule has 0 heterocycles. The Morgan fingerprint density at radius 3 is 2.73 bits per heavy atom. The summed E-state index contributed by atoms with van der Waals surface area (Å²) < 4.78 is 0. The Hall–Kier alpha value is -1.82. The molecule has 15 heavy (non-hydrogen) atoms. The number of anilines is 2. The predicted octanol–water partition coefficient (Wildman–Crippen LogP) is 0.605. The lowest BCUT2D eigenvalue weighted by Gasteiger charge is -2.17. The maximum absolute atomic E-state index is 10.6. The van der Waals surface area contributed by atoms with Crippen molar-refractivity contribution in [2.75, 3.05) is 30.8 Å². The second-order valence-electron chi connectivity index (χ2n) is 3.19. The highest BCUT2D eigenvalue weighted by molar-refractivity contribution is 5.62. The summed E-state index contributed by atoms with van der Waals surface area (Å²) in [5.74, 6) is 0. The lowest BCUT2D eigenvalue weighted by molar-refractivity contribution is -0.384. The minimum Gasteiger partial charge on any atom is -0.398 e. The maximum Gasteiger partial charge on any atom is 0.273 e. The van der Waals surface area contributed by atoms with Crippen LogP contribution in [0.2, 0.25) is 0 Å². The van der Waals surface area contributed by atoms with Crippen LogP contribution in [-0.4, -0.2) is 30.2 Å². The number of nitrogens with two attached hydrogens (primary N) is 1. The van der Waals surface area contributed by atoms with E-state index in [2.05, 4.69) is 0 Å². The number of benzene rings is 1. The Morgan fingerprint density at radius 2 is 2.20 bits per heavy atom. The van der Waals surface area contributed by atoms with E-state index >= 15 is 0 Å². The molecule has 1 aromatic carbocycles. The van der Waals surface area contributed by atoms with Crippen LogP contribution in [-0.2, 0) is 0 Å². The van der Waals surface area contributed by atoms with Gasteiger partial charge in [-0.1, -0.05) is 0 Å². The lowest BCUT2D eigenvalue weighted by Crippen LogP contribution is -2.21. The number of hydrogen-bond acceptors (Lipinski definition) is 5. The van der Waals surface area contributed by atoms with Crippen LogP contribution in [0.25, 0.3) is 0 Å². The number of likely N-dealkylation sites (N-methyl/N-ethyl adjacent to an activating group) is 1. The first-order valence-corrected chi connectivity index (χ1v) is 4.41. The highest BCUT2D eigenvalue weighted by Crippen LogP contribution is 2.24. The number of rotatable bonds is 4. The molecule has 6 nitrogen and oxygen atoms in total. The van der Waals surface area contributed by atoms with Crippen molar-refractivity contribution in [1.82, 2.24) is 0 Å². The van der Waals surface area contributed by atoms with E-state index < -0.39 is 4.92 Å². The van der Waals surface area contributed by atoms with Gasteiger partial charge in [-0.2, -0.15) is 0 Å². The molecule has 0 bridgehead atoms. The third-order valence-electron chi connectivity index (χ3n) is 2.01. The number of hydrogen-bond donors (Lipinski definition) is 2. The molecular weight excluding hydrogens is 198 g/mol. The van der Waals surface area contributed by atoms with Gasteiger partial charge < -0.3 is 15.7 Å². The van der Waals surface area contributed by atoms with Crippen LogP contribution in [0.3, 0.4) is 0 Å². The molecule has 0 aliphatic rings. The summed E-state index contributed by atoms with van der Waals surface area (Å²) in [6.45, 7) is 0.389. The van der Waals surface area contributed by atoms with Crippen LogP contribution in [0.5, 0.6) is 0 Å². The molecule has 0 saturated heterocycles. The van der Waals surface area contributed by atoms with Crippen LogP contribution in [0, 0.1) is 10.1 Å². The van der Waals surface area contributed by atoms with Crippen molar-refractivity contribution >= 4 is 17.1 Å². The van der Waals surface area contributed by atoms with Gasteiger partial charge in [0.25, 0.3) is 5.69 Å². The van der Waals surface area contributed by atoms with E-state index in [0.717, 1.165) is 0 Å². The van der Waals surface area contributed by atoms with Gasteiger partial charge >= 0.3 is 0 Å². The topological polar surface area (TPSA) is 92.6 Å². The summed E-state index contributed by atoms with van der Waals surface area (Å²) in [7, 11) is 1.73. The van der Waals surface area contributed by atoms with Crippen LogP contribution in [0.1, 0.15) is 0 Å². The summed E-state index contributed by atoms with van der Waals surface area (Å²) >= 11 is 0. The second kappa shape index (κ2) is 4.61. The third kappa shape index (κ3) is 2.81. The summed E-state index contributed by atoms with van der Waals surface area (Å²) in [5.41, 5.74) is 6.45. The Labute approximate surface area is 87.1 Å². The van der Waals surface area contributed by atoms with Crippen molar-refractivity contribution in [3.8, 4) is 0 Å². The smallest absolute Gasteiger partial charge is 0.273 e. The van der Waals surface area contributed by atoms with Gasteiger partial charge in [0.15, 0.2) is 0 Å². The van der Waals surface area contributed by atoms with Gasteiger partial charge in [-0.3, -0.25) is 10.1 Å². The first-order valence-electron chi connectivity index (χ1n) is 4.41. The fraction of sp³-hybridized carbons (Fsp3) is 0.333. The van der Waals surface area contributed by atoms with Crippen molar-refractivity contribution in [2.45, 2.75) is 0 Å². The molecule has 0 amide bonds. The number of nitrogens with zero attached hydrogens (tertiary/aromatic N) is 2. The lowest BCUT2D eigenvalue weighted by atomic mass is 10.2. The van der Waals surface area contributed by atoms with Gasteiger partial charge in [0.2, 0.25) is 0 Å². The van der Waals surface area contributed by atoms with Crippen LogP contribution < -0.4 is 10.6 Å². The normalized spacial score (nSPS) is 10.0. The molecule has 0 radical (unpaired) electrons. The summed E-state index contributed by atoms with van der Waals surface area (Å²) in [6.07, 6.45) is 0. The van der Waals surface area contributed by atoms with Gasteiger partial charge in [-0.15, -0.1) is 0 Å². The van der Waals surface area contributed by atoms with Gasteiger partial charge in [-0.05, 0) is 6.07 Å². The number of aliphatic hydroxyl groups is 1. The quantitative estimate of drug-likeness (QED) is 0.432. The Bertz CT molecular complexity index is 368. The van der Waals surface area contributed by atoms with Gasteiger partial charge in [-0.25, -0.2) is 0 Å². The predicted molar refractivity (Wildman–Crippen MR) is 57.9 cm³/mol. The Morgan fingerprint density at radius 1 is 1.53 bits per heavy atom. The Kier molecular flexibility index (Phi) is 3.46. The fourth-order valence-electron chi connectivity index (χ4n) is 1.22. The molecule has 0 atom stereocenters. The molecule has 6 heteroatoms. The van der Waals surface area contributed by atoms with Crippen LogP contribution in [0.15, 0.2) is 18.2 Å². The molecule has 1 aromatic rings. The largest absolute Gasteiger partial charge is 0.398 e. The number of nitrogen functional groups attached to an aromatic ring is 1. The van der Waals surface area contributed by atoms with Crippen molar-refractivity contribution in [3.63, 3.8) is 0 Å². The molecule has 0 aliphatic carbocycles. The van der Waals surface area contributed by atoms with Crippen molar-refractivity contribution in [3.05, 3.63) is 28.3 Å². The zero-order chi connectivity index (χ0) is 11.4. The summed E-state index contributed by atoms with van der Waals surface area (Å²) in [5, 5.41) is 19.3. The van der Waals surface area contributed by atoms with Crippen LogP contribution in [0.4, 0.5) is 17.1 Å². The van der Waals surface area contributed by atoms with Crippen molar-refractivity contribution < 1.29 is 10.0 Å². The number of aliphatic hydroxyl groups excluding tert-OH is 1. The zero-order valence-corrected chi connectivity index (χ0v) is 8.38. The van der Waals surface area contributed by atoms with E-state index in [1.165, 1.54) is 12.1 Å². The van der Waals surface area contributed by atoms with E-state index in [1.807, 2.05) is 0 Å². The van der Waals surface area contributed by atoms with Gasteiger partial charge in [0, 0.05) is 37.1 Å². The highest BCUT2D eigenvalue weighted by atomic mass is 16.6. The number of nitro benzene ring substituents is 1. The molecule has 0 unspecified atom stereocenters. The SMILES string of the molecule is CN(CCO)c1cc(N)cc([N+](=O)[O-])c1. The molecule has 0 fully saturated rings. The average molecular weight is 211 g/mol. The van der Waals surface area contributed by atoms with E-state index in [-0.39, 0.29) is 12.3 Å². The maximum atomic E-state index is 10.6.